The zero-order chi connectivity index (χ0) is 13.8. The van der Waals surface area contributed by atoms with Gasteiger partial charge in [-0.25, -0.2) is 4.98 Å². The number of carbonyl (C=O) groups is 1. The van der Waals surface area contributed by atoms with Crippen LogP contribution in [-0.2, 0) is 4.79 Å². The van der Waals surface area contributed by atoms with Crippen LogP contribution in [0.4, 0.5) is 0 Å². The molecule has 98 valence electrons. The van der Waals surface area contributed by atoms with Gasteiger partial charge in [-0.3, -0.25) is 4.79 Å². The molecule has 0 aliphatic rings. The minimum Gasteiger partial charge on any atom is -0.549 e. The Morgan fingerprint density at radius 2 is 2.05 bits per heavy atom. The first-order valence-electron chi connectivity index (χ1n) is 5.60. The number of aliphatic carboxylic acids is 1. The Balaban J connectivity index is 2.35. The van der Waals surface area contributed by atoms with Crippen molar-refractivity contribution in [3.63, 3.8) is 0 Å². The second-order valence-corrected chi connectivity index (χ2v) is 5.21. The van der Waals surface area contributed by atoms with E-state index in [1.165, 1.54) is 13.0 Å². The van der Waals surface area contributed by atoms with Gasteiger partial charge < -0.3 is 14.9 Å². The molecule has 0 aliphatic carbocycles. The summed E-state index contributed by atoms with van der Waals surface area (Å²) in [6.07, 6.45) is 0. The summed E-state index contributed by atoms with van der Waals surface area (Å²) in [6.45, 7) is 1.48. The standard InChI is InChI=1S/C13H12N2O3S/c1-8(12(17)18)19-13-14-10(7-11(16)15-13)9-5-3-2-4-6-9/h2-8H,1H3,(H,17,18)(H,14,15,16)/p-1. The molecule has 19 heavy (non-hydrogen) atoms. The Morgan fingerprint density at radius 3 is 2.68 bits per heavy atom. The Morgan fingerprint density at radius 1 is 1.37 bits per heavy atom. The van der Waals surface area contributed by atoms with Crippen LogP contribution >= 0.6 is 11.8 Å². The monoisotopic (exact) mass is 275 g/mol. The Kier molecular flexibility index (Phi) is 4.01. The Bertz CT molecular complexity index is 640. The third kappa shape index (κ3) is 3.45. The number of nitrogens with one attached hydrogen (secondary N) is 1. The summed E-state index contributed by atoms with van der Waals surface area (Å²) >= 11 is 0.946. The SMILES string of the molecule is CC(Sc1nc(-c2ccccc2)cc(=O)[nH]1)C(=O)[O-]. The summed E-state index contributed by atoms with van der Waals surface area (Å²) in [5, 5.41) is 10.2. The van der Waals surface area contributed by atoms with Crippen molar-refractivity contribution < 1.29 is 9.90 Å². The maximum absolute atomic E-state index is 11.6. The molecular formula is C13H11N2O3S-. The van der Waals surface area contributed by atoms with Crippen molar-refractivity contribution in [3.05, 3.63) is 46.8 Å². The van der Waals surface area contributed by atoms with Gasteiger partial charge in [-0.15, -0.1) is 0 Å². The van der Waals surface area contributed by atoms with Crippen LogP contribution in [0, 0.1) is 0 Å². The molecule has 1 unspecified atom stereocenters. The van der Waals surface area contributed by atoms with Crippen molar-refractivity contribution in [2.75, 3.05) is 0 Å². The molecule has 2 aromatic rings. The highest BCUT2D eigenvalue weighted by molar-refractivity contribution is 8.00. The van der Waals surface area contributed by atoms with Gasteiger partial charge in [0, 0.05) is 16.9 Å². The largest absolute Gasteiger partial charge is 0.549 e. The van der Waals surface area contributed by atoms with Gasteiger partial charge in [-0.2, -0.15) is 0 Å². The minimum atomic E-state index is -1.20. The molecule has 0 fully saturated rings. The van der Waals surface area contributed by atoms with Crippen LogP contribution in [0.25, 0.3) is 11.3 Å². The second-order valence-electron chi connectivity index (χ2n) is 3.88. The number of carboxylic acid groups (broad SMARTS) is 1. The van der Waals surface area contributed by atoms with Crippen molar-refractivity contribution >= 4 is 17.7 Å². The fourth-order valence-corrected chi connectivity index (χ4v) is 2.21. The number of rotatable bonds is 4. The van der Waals surface area contributed by atoms with Crippen molar-refractivity contribution in [2.24, 2.45) is 0 Å². The lowest BCUT2D eigenvalue weighted by molar-refractivity contribution is -0.304. The van der Waals surface area contributed by atoms with Crippen molar-refractivity contribution in [3.8, 4) is 11.3 Å². The average molecular weight is 275 g/mol. The number of nitrogens with zero attached hydrogens (tertiary/aromatic N) is 1. The lowest BCUT2D eigenvalue weighted by Gasteiger charge is -2.11. The van der Waals surface area contributed by atoms with Crippen LogP contribution in [0.15, 0.2) is 46.3 Å². The lowest BCUT2D eigenvalue weighted by Crippen LogP contribution is -2.31. The predicted molar refractivity (Wildman–Crippen MR) is 70.6 cm³/mol. The van der Waals surface area contributed by atoms with E-state index in [2.05, 4.69) is 9.97 Å². The summed E-state index contributed by atoms with van der Waals surface area (Å²) in [5.74, 6) is -1.20. The minimum absolute atomic E-state index is 0.267. The number of benzene rings is 1. The normalized spacial score (nSPS) is 12.1. The van der Waals surface area contributed by atoms with E-state index in [0.717, 1.165) is 17.3 Å². The highest BCUT2D eigenvalue weighted by Crippen LogP contribution is 2.21. The fourth-order valence-electron chi connectivity index (χ4n) is 1.46. The van der Waals surface area contributed by atoms with Crippen LogP contribution in [0.2, 0.25) is 0 Å². The molecule has 6 heteroatoms. The highest BCUT2D eigenvalue weighted by atomic mass is 32.2. The molecule has 0 radical (unpaired) electrons. The van der Waals surface area contributed by atoms with Crippen molar-refractivity contribution in [1.29, 1.82) is 0 Å². The first-order valence-corrected chi connectivity index (χ1v) is 6.48. The van der Waals surface area contributed by atoms with Gasteiger partial charge in [0.05, 0.1) is 11.7 Å². The van der Waals surface area contributed by atoms with Crippen LogP contribution in [0.1, 0.15) is 6.92 Å². The van der Waals surface area contributed by atoms with E-state index in [-0.39, 0.29) is 10.7 Å². The summed E-state index contributed by atoms with van der Waals surface area (Å²) in [7, 11) is 0. The van der Waals surface area contributed by atoms with Crippen molar-refractivity contribution in [2.45, 2.75) is 17.3 Å². The third-order valence-corrected chi connectivity index (χ3v) is 3.37. The number of thioether (sulfide) groups is 1. The van der Waals surface area contributed by atoms with Crippen LogP contribution in [0.5, 0.6) is 0 Å². The fraction of sp³-hybridized carbons (Fsp3) is 0.154. The van der Waals surface area contributed by atoms with Gasteiger partial charge in [0.1, 0.15) is 0 Å². The van der Waals surface area contributed by atoms with E-state index in [4.69, 9.17) is 0 Å². The Hall–Kier alpha value is -2.08. The van der Waals surface area contributed by atoms with Gasteiger partial charge in [0.15, 0.2) is 5.16 Å². The molecule has 1 heterocycles. The summed E-state index contributed by atoms with van der Waals surface area (Å²) < 4.78 is 0. The van der Waals surface area contributed by atoms with E-state index in [1.807, 2.05) is 30.3 Å². The molecule has 1 aromatic heterocycles. The highest BCUT2D eigenvalue weighted by Gasteiger charge is 2.09. The molecule has 1 aromatic carbocycles. The topological polar surface area (TPSA) is 85.9 Å². The van der Waals surface area contributed by atoms with E-state index in [9.17, 15) is 14.7 Å². The van der Waals surface area contributed by atoms with E-state index in [1.54, 1.807) is 0 Å². The smallest absolute Gasteiger partial charge is 0.252 e. The van der Waals surface area contributed by atoms with Crippen LogP contribution < -0.4 is 10.7 Å². The average Bonchev–Trinajstić information content (AvgIpc) is 2.39. The molecule has 0 saturated heterocycles. The molecule has 0 bridgehead atoms. The first-order chi connectivity index (χ1) is 9.06. The number of aromatic amines is 1. The number of H-pyrrole nitrogens is 1. The first kappa shape index (κ1) is 13.4. The van der Waals surface area contributed by atoms with E-state index in [0.29, 0.717) is 5.69 Å². The Labute approximate surface area is 113 Å². The summed E-state index contributed by atoms with van der Waals surface area (Å²) in [6, 6.07) is 10.6. The summed E-state index contributed by atoms with van der Waals surface area (Å²) in [4.78, 5) is 29.0. The number of aromatic nitrogens is 2. The van der Waals surface area contributed by atoms with Gasteiger partial charge in [-0.05, 0) is 6.92 Å². The zero-order valence-corrected chi connectivity index (χ0v) is 10.9. The number of hydrogen-bond donors (Lipinski definition) is 1. The number of carbonyl (C=O) groups excluding carboxylic acids is 1. The van der Waals surface area contributed by atoms with Gasteiger partial charge in [0.2, 0.25) is 0 Å². The molecule has 5 nitrogen and oxygen atoms in total. The van der Waals surface area contributed by atoms with Crippen LogP contribution in [-0.4, -0.2) is 21.2 Å². The third-order valence-electron chi connectivity index (χ3n) is 2.41. The molecular weight excluding hydrogens is 264 g/mol. The lowest BCUT2D eigenvalue weighted by atomic mass is 10.1. The number of carboxylic acids is 1. The molecule has 0 amide bonds. The quantitative estimate of drug-likeness (QED) is 0.654. The van der Waals surface area contributed by atoms with E-state index < -0.39 is 11.2 Å². The zero-order valence-electron chi connectivity index (χ0n) is 10.1. The van der Waals surface area contributed by atoms with Gasteiger partial charge in [-0.1, -0.05) is 42.1 Å². The molecule has 0 saturated carbocycles. The van der Waals surface area contributed by atoms with Crippen molar-refractivity contribution in [1.82, 2.24) is 9.97 Å². The molecule has 1 N–H and O–H groups in total. The number of hydrogen-bond acceptors (Lipinski definition) is 5. The van der Waals surface area contributed by atoms with Crippen LogP contribution in [0.3, 0.4) is 0 Å². The second kappa shape index (κ2) is 5.71. The molecule has 2 rings (SSSR count). The molecule has 0 spiro atoms. The van der Waals surface area contributed by atoms with E-state index >= 15 is 0 Å². The maximum atomic E-state index is 11.6. The predicted octanol–water partition coefficient (Wildman–Crippen LogP) is 0.667. The van der Waals surface area contributed by atoms with Gasteiger partial charge >= 0.3 is 0 Å². The summed E-state index contributed by atoms with van der Waals surface area (Å²) in [5.41, 5.74) is 0.996. The maximum Gasteiger partial charge on any atom is 0.252 e. The molecule has 0 aliphatic heterocycles. The van der Waals surface area contributed by atoms with Gasteiger partial charge in [0.25, 0.3) is 5.56 Å². The molecule has 1 atom stereocenters.